The van der Waals surface area contributed by atoms with Crippen molar-refractivity contribution in [2.45, 2.75) is 46.3 Å². The molecule has 0 aromatic heterocycles. The van der Waals surface area contributed by atoms with E-state index in [1.165, 1.54) is 36.3 Å². The van der Waals surface area contributed by atoms with Gasteiger partial charge in [-0.05, 0) is 55.3 Å². The Morgan fingerprint density at radius 2 is 1.81 bits per heavy atom. The van der Waals surface area contributed by atoms with Gasteiger partial charge in [0, 0.05) is 19.0 Å². The minimum absolute atomic E-state index is 0.189. The zero-order valence-corrected chi connectivity index (χ0v) is 19.1. The van der Waals surface area contributed by atoms with Crippen LogP contribution in [0, 0.1) is 5.82 Å². The predicted octanol–water partition coefficient (Wildman–Crippen LogP) is 4.58. The van der Waals surface area contributed by atoms with Gasteiger partial charge in [0.05, 0.1) is 18.8 Å². The third-order valence-electron chi connectivity index (χ3n) is 5.59. The number of benzene rings is 2. The van der Waals surface area contributed by atoms with Crippen molar-refractivity contribution >= 4 is 17.7 Å². The van der Waals surface area contributed by atoms with E-state index in [-0.39, 0.29) is 19.0 Å². The maximum absolute atomic E-state index is 14.9. The first-order valence-electron chi connectivity index (χ1n) is 11.3. The van der Waals surface area contributed by atoms with Crippen molar-refractivity contribution in [1.29, 1.82) is 0 Å². The van der Waals surface area contributed by atoms with Crippen LogP contribution in [0.3, 0.4) is 0 Å². The predicted molar refractivity (Wildman–Crippen MR) is 124 cm³/mol. The smallest absolute Gasteiger partial charge is 0.414 e. The summed E-state index contributed by atoms with van der Waals surface area (Å²) >= 11 is 0. The van der Waals surface area contributed by atoms with Gasteiger partial charge in [-0.2, -0.15) is 0 Å². The minimum Gasteiger partial charge on any atom is -0.442 e. The quantitative estimate of drug-likeness (QED) is 0.713. The first-order chi connectivity index (χ1) is 15.5. The summed E-state index contributed by atoms with van der Waals surface area (Å²) in [6.45, 7) is 9.12. The number of halogens is 1. The Bertz CT molecular complexity index is 927. The molecule has 2 aromatic rings. The number of amides is 2. The molecule has 0 spiro atoms. The fraction of sp³-hybridized carbons (Fsp3) is 0.440. The summed E-state index contributed by atoms with van der Waals surface area (Å²) in [6, 6.07) is 12.7. The van der Waals surface area contributed by atoms with Gasteiger partial charge in [-0.25, -0.2) is 9.18 Å². The second-order valence-corrected chi connectivity index (χ2v) is 7.90. The molecule has 4 rings (SSSR count). The Morgan fingerprint density at radius 3 is 2.44 bits per heavy atom. The molecule has 2 aliphatic heterocycles. The molecular weight excluding hydrogens is 409 g/mol. The first-order valence-corrected chi connectivity index (χ1v) is 11.3. The monoisotopic (exact) mass is 441 g/mol. The van der Waals surface area contributed by atoms with Crippen LogP contribution in [0.4, 0.5) is 14.9 Å². The minimum atomic E-state index is -0.538. The second kappa shape index (κ2) is 11.1. The van der Waals surface area contributed by atoms with Gasteiger partial charge in [-0.3, -0.25) is 14.6 Å². The van der Waals surface area contributed by atoms with E-state index < -0.39 is 18.0 Å². The molecule has 7 heteroatoms. The van der Waals surface area contributed by atoms with Gasteiger partial charge in [0.25, 0.3) is 0 Å². The summed E-state index contributed by atoms with van der Waals surface area (Å²) in [5.41, 5.74) is 2.96. The fourth-order valence-electron chi connectivity index (χ4n) is 3.99. The fourth-order valence-corrected chi connectivity index (χ4v) is 3.99. The van der Waals surface area contributed by atoms with Crippen LogP contribution >= 0.6 is 0 Å². The zero-order valence-electron chi connectivity index (χ0n) is 19.1. The van der Waals surface area contributed by atoms with Crippen molar-refractivity contribution in [1.82, 2.24) is 10.2 Å². The Hall–Kier alpha value is -2.93. The standard InChI is InChI=1S/C23H26FN3O3.C2H6/c1-16(28)25-13-20-15-27(23(29)30-20)19-8-9-21(22(24)12-19)18-6-4-17(5-7-18)14-26-10-2-3-11-26;1-2/h4-9,12,20H,2-3,10-11,13-15H2,1H3,(H,25,28);1-2H3. The van der Waals surface area contributed by atoms with Gasteiger partial charge in [0.15, 0.2) is 0 Å². The number of likely N-dealkylation sites (tertiary alicyclic amines) is 1. The molecule has 2 heterocycles. The number of nitrogens with zero attached hydrogens (tertiary/aromatic N) is 2. The average molecular weight is 442 g/mol. The Kier molecular flexibility index (Phi) is 8.22. The molecular formula is C25H32FN3O3. The van der Waals surface area contributed by atoms with Gasteiger partial charge < -0.3 is 10.1 Å². The van der Waals surface area contributed by atoms with E-state index in [9.17, 15) is 14.0 Å². The summed E-state index contributed by atoms with van der Waals surface area (Å²) in [5, 5.41) is 2.63. The lowest BCUT2D eigenvalue weighted by Gasteiger charge is -2.16. The van der Waals surface area contributed by atoms with Crippen LogP contribution in [0.5, 0.6) is 0 Å². The number of carbonyl (C=O) groups is 2. The molecule has 0 aliphatic carbocycles. The molecule has 1 atom stereocenters. The van der Waals surface area contributed by atoms with Crippen molar-refractivity contribution in [3.05, 3.63) is 53.8 Å². The second-order valence-electron chi connectivity index (χ2n) is 7.90. The zero-order chi connectivity index (χ0) is 23.1. The van der Waals surface area contributed by atoms with Crippen LogP contribution in [-0.4, -0.2) is 49.2 Å². The normalized spacial score (nSPS) is 18.2. The first kappa shape index (κ1) is 23.7. The SMILES string of the molecule is CC.CC(=O)NCC1CN(c2ccc(-c3ccc(CN4CCCC4)cc3)c(F)c2)C(=O)O1. The number of ether oxygens (including phenoxy) is 1. The van der Waals surface area contributed by atoms with Crippen molar-refractivity contribution in [3.63, 3.8) is 0 Å². The molecule has 0 radical (unpaired) electrons. The van der Waals surface area contributed by atoms with E-state index in [4.69, 9.17) is 4.74 Å². The maximum Gasteiger partial charge on any atom is 0.414 e. The molecule has 0 saturated carbocycles. The maximum atomic E-state index is 14.9. The molecule has 6 nitrogen and oxygen atoms in total. The van der Waals surface area contributed by atoms with Crippen LogP contribution < -0.4 is 10.2 Å². The average Bonchev–Trinajstić information content (AvgIpc) is 3.44. The lowest BCUT2D eigenvalue weighted by atomic mass is 10.0. The molecule has 2 fully saturated rings. The summed E-state index contributed by atoms with van der Waals surface area (Å²) in [5.74, 6) is -0.579. The van der Waals surface area contributed by atoms with E-state index in [0.717, 1.165) is 25.2 Å². The number of carbonyl (C=O) groups excluding carboxylic acids is 2. The third-order valence-corrected chi connectivity index (χ3v) is 5.59. The number of nitrogens with one attached hydrogen (secondary N) is 1. The van der Waals surface area contributed by atoms with E-state index in [2.05, 4.69) is 10.2 Å². The van der Waals surface area contributed by atoms with E-state index >= 15 is 0 Å². The molecule has 172 valence electrons. The number of anilines is 1. The van der Waals surface area contributed by atoms with Gasteiger partial charge in [-0.1, -0.05) is 38.1 Å². The van der Waals surface area contributed by atoms with Gasteiger partial charge >= 0.3 is 6.09 Å². The summed E-state index contributed by atoms with van der Waals surface area (Å²) in [4.78, 5) is 27.0. The van der Waals surface area contributed by atoms with Crippen molar-refractivity contribution in [3.8, 4) is 11.1 Å². The molecule has 2 amide bonds. The largest absolute Gasteiger partial charge is 0.442 e. The number of hydrogen-bond acceptors (Lipinski definition) is 4. The van der Waals surface area contributed by atoms with Crippen molar-refractivity contribution < 1.29 is 18.7 Å². The van der Waals surface area contributed by atoms with E-state index in [0.29, 0.717) is 11.3 Å². The Labute approximate surface area is 189 Å². The number of cyclic esters (lactones) is 1. The van der Waals surface area contributed by atoms with Crippen molar-refractivity contribution in [2.24, 2.45) is 0 Å². The summed E-state index contributed by atoms with van der Waals surface area (Å²) in [6.07, 6.45) is 1.53. The summed E-state index contributed by atoms with van der Waals surface area (Å²) < 4.78 is 20.1. The lowest BCUT2D eigenvalue weighted by molar-refractivity contribution is -0.119. The topological polar surface area (TPSA) is 61.9 Å². The molecule has 0 bridgehead atoms. The van der Waals surface area contributed by atoms with Gasteiger partial charge in [0.2, 0.25) is 5.91 Å². The van der Waals surface area contributed by atoms with Crippen LogP contribution in [0.1, 0.15) is 39.2 Å². The highest BCUT2D eigenvalue weighted by molar-refractivity contribution is 5.90. The number of hydrogen-bond donors (Lipinski definition) is 1. The molecule has 2 aromatic carbocycles. The molecule has 2 aliphatic rings. The summed E-state index contributed by atoms with van der Waals surface area (Å²) in [7, 11) is 0. The van der Waals surface area contributed by atoms with Gasteiger partial charge in [-0.15, -0.1) is 0 Å². The highest BCUT2D eigenvalue weighted by atomic mass is 19.1. The molecule has 32 heavy (non-hydrogen) atoms. The van der Waals surface area contributed by atoms with Crippen LogP contribution in [-0.2, 0) is 16.1 Å². The Morgan fingerprint density at radius 1 is 1.12 bits per heavy atom. The third kappa shape index (κ3) is 5.85. The van der Waals surface area contributed by atoms with Crippen LogP contribution in [0.25, 0.3) is 11.1 Å². The van der Waals surface area contributed by atoms with E-state index in [1.54, 1.807) is 12.1 Å². The van der Waals surface area contributed by atoms with Gasteiger partial charge in [0.1, 0.15) is 11.9 Å². The van der Waals surface area contributed by atoms with E-state index in [1.807, 2.05) is 38.1 Å². The van der Waals surface area contributed by atoms with Crippen LogP contribution in [0.2, 0.25) is 0 Å². The highest BCUT2D eigenvalue weighted by Gasteiger charge is 2.32. The Balaban J connectivity index is 0.00000141. The van der Waals surface area contributed by atoms with Crippen molar-refractivity contribution in [2.75, 3.05) is 31.1 Å². The lowest BCUT2D eigenvalue weighted by Crippen LogP contribution is -2.33. The highest BCUT2D eigenvalue weighted by Crippen LogP contribution is 2.29. The number of rotatable bonds is 6. The molecule has 1 N–H and O–H groups in total. The molecule has 2 saturated heterocycles. The molecule has 1 unspecified atom stereocenters. The van der Waals surface area contributed by atoms with Crippen LogP contribution in [0.15, 0.2) is 42.5 Å².